The minimum absolute atomic E-state index is 0.185. The van der Waals surface area contributed by atoms with E-state index in [1.807, 2.05) is 27.7 Å². The lowest BCUT2D eigenvalue weighted by Gasteiger charge is -2.33. The summed E-state index contributed by atoms with van der Waals surface area (Å²) in [4.78, 5) is 27.6. The van der Waals surface area contributed by atoms with E-state index in [1.54, 1.807) is 42.5 Å². The van der Waals surface area contributed by atoms with Crippen LogP contribution in [0.1, 0.15) is 39.7 Å². The molecule has 1 N–H and O–H groups in total. The van der Waals surface area contributed by atoms with E-state index in [9.17, 15) is 9.59 Å². The second kappa shape index (κ2) is 11.1. The zero-order valence-electron chi connectivity index (χ0n) is 18.0. The Morgan fingerprint density at radius 2 is 1.77 bits per heavy atom. The van der Waals surface area contributed by atoms with Crippen LogP contribution in [-0.2, 0) is 16.1 Å². The lowest BCUT2D eigenvalue weighted by atomic mass is 10.1. The summed E-state index contributed by atoms with van der Waals surface area (Å²) in [6, 6.07) is 11.3. The number of amides is 2. The van der Waals surface area contributed by atoms with E-state index in [0.29, 0.717) is 27.2 Å². The molecule has 0 aromatic heterocycles. The van der Waals surface area contributed by atoms with Crippen LogP contribution in [-0.4, -0.2) is 34.9 Å². The van der Waals surface area contributed by atoms with E-state index in [0.717, 1.165) is 5.56 Å². The Bertz CT molecular complexity index is 929. The summed E-state index contributed by atoms with van der Waals surface area (Å²) < 4.78 is 5.63. The molecule has 2 amide bonds. The largest absolute Gasteiger partial charge is 0.484 e. The van der Waals surface area contributed by atoms with E-state index in [4.69, 9.17) is 39.5 Å². The van der Waals surface area contributed by atoms with Gasteiger partial charge < -0.3 is 15.0 Å². The molecule has 0 saturated carbocycles. The van der Waals surface area contributed by atoms with Crippen molar-refractivity contribution < 1.29 is 14.3 Å². The van der Waals surface area contributed by atoms with Crippen molar-refractivity contribution in [3.8, 4) is 5.75 Å². The number of nitrogens with one attached hydrogen (secondary N) is 1. The number of halogens is 3. The Labute approximate surface area is 198 Å². The van der Waals surface area contributed by atoms with E-state index < -0.39 is 11.6 Å². The molecular formula is C23H27Cl3N2O3. The third-order valence-corrected chi connectivity index (χ3v) is 5.35. The number of carbonyl (C=O) groups is 2. The van der Waals surface area contributed by atoms with Crippen molar-refractivity contribution in [1.29, 1.82) is 0 Å². The number of hydrogen-bond donors (Lipinski definition) is 1. The second-order valence-electron chi connectivity index (χ2n) is 8.18. The van der Waals surface area contributed by atoms with Crippen LogP contribution in [0.2, 0.25) is 15.1 Å². The van der Waals surface area contributed by atoms with Crippen LogP contribution >= 0.6 is 34.8 Å². The molecule has 0 unspecified atom stereocenters. The topological polar surface area (TPSA) is 58.6 Å². The molecule has 0 spiro atoms. The predicted molar refractivity (Wildman–Crippen MR) is 126 cm³/mol. The molecule has 2 aromatic rings. The number of benzene rings is 2. The highest BCUT2D eigenvalue weighted by atomic mass is 35.5. The maximum absolute atomic E-state index is 13.2. The number of nitrogens with zero attached hydrogens (tertiary/aromatic N) is 1. The smallest absolute Gasteiger partial charge is 0.261 e. The second-order valence-corrected chi connectivity index (χ2v) is 9.43. The fourth-order valence-electron chi connectivity index (χ4n) is 2.99. The van der Waals surface area contributed by atoms with Gasteiger partial charge in [-0.2, -0.15) is 0 Å². The standard InChI is InChI=1S/C23H27Cl3N2O3/c1-5-20(22(30)27-23(2,3)4)28(13-15-9-10-18(25)19(26)11-15)21(29)14-31-17-8-6-7-16(24)12-17/h6-12,20H,5,13-14H2,1-4H3,(H,27,30)/t20-/m1/s1. The lowest BCUT2D eigenvalue weighted by Crippen LogP contribution is -2.54. The van der Waals surface area contributed by atoms with Gasteiger partial charge in [0.2, 0.25) is 5.91 Å². The van der Waals surface area contributed by atoms with Crippen LogP contribution < -0.4 is 10.1 Å². The quantitative estimate of drug-likeness (QED) is 0.518. The van der Waals surface area contributed by atoms with Crippen molar-refractivity contribution in [2.75, 3.05) is 6.61 Å². The van der Waals surface area contributed by atoms with E-state index in [-0.39, 0.29) is 25.0 Å². The van der Waals surface area contributed by atoms with Gasteiger partial charge in [-0.25, -0.2) is 0 Å². The lowest BCUT2D eigenvalue weighted by molar-refractivity contribution is -0.143. The molecule has 5 nitrogen and oxygen atoms in total. The molecule has 2 aromatic carbocycles. The molecule has 0 aliphatic rings. The average Bonchev–Trinajstić information content (AvgIpc) is 2.67. The molecule has 1 atom stereocenters. The molecule has 0 aliphatic carbocycles. The van der Waals surface area contributed by atoms with Crippen LogP contribution in [0.15, 0.2) is 42.5 Å². The van der Waals surface area contributed by atoms with Crippen LogP contribution in [0.4, 0.5) is 0 Å². The Kier molecular flexibility index (Phi) is 9.04. The van der Waals surface area contributed by atoms with Crippen LogP contribution in [0, 0.1) is 0 Å². The highest BCUT2D eigenvalue weighted by Gasteiger charge is 2.31. The van der Waals surface area contributed by atoms with Gasteiger partial charge in [-0.1, -0.05) is 53.9 Å². The van der Waals surface area contributed by atoms with Gasteiger partial charge in [0.05, 0.1) is 10.0 Å². The maximum Gasteiger partial charge on any atom is 0.261 e. The molecule has 2 rings (SSSR count). The van der Waals surface area contributed by atoms with Gasteiger partial charge in [0.25, 0.3) is 5.91 Å². The number of carbonyl (C=O) groups excluding carboxylic acids is 2. The number of hydrogen-bond acceptors (Lipinski definition) is 3. The molecular weight excluding hydrogens is 459 g/mol. The van der Waals surface area contributed by atoms with Gasteiger partial charge in [0.1, 0.15) is 11.8 Å². The summed E-state index contributed by atoms with van der Waals surface area (Å²) in [5, 5.41) is 4.27. The maximum atomic E-state index is 13.2. The van der Waals surface area contributed by atoms with Crippen molar-refractivity contribution in [2.45, 2.75) is 52.2 Å². The van der Waals surface area contributed by atoms with Gasteiger partial charge in [0.15, 0.2) is 6.61 Å². The Morgan fingerprint density at radius 1 is 1.06 bits per heavy atom. The van der Waals surface area contributed by atoms with Crippen molar-refractivity contribution >= 4 is 46.6 Å². The minimum atomic E-state index is -0.677. The summed E-state index contributed by atoms with van der Waals surface area (Å²) in [5.41, 5.74) is 0.326. The van der Waals surface area contributed by atoms with Crippen LogP contribution in [0.3, 0.4) is 0 Å². The van der Waals surface area contributed by atoms with Crippen LogP contribution in [0.25, 0.3) is 0 Å². The van der Waals surface area contributed by atoms with E-state index in [2.05, 4.69) is 5.32 Å². The van der Waals surface area contributed by atoms with Crippen molar-refractivity contribution in [2.24, 2.45) is 0 Å². The molecule has 0 heterocycles. The molecule has 0 aliphatic heterocycles. The molecule has 31 heavy (non-hydrogen) atoms. The van der Waals surface area contributed by atoms with Crippen molar-refractivity contribution in [3.05, 3.63) is 63.1 Å². The SMILES string of the molecule is CC[C@H](C(=O)NC(C)(C)C)N(Cc1ccc(Cl)c(Cl)c1)C(=O)COc1cccc(Cl)c1. The third-order valence-electron chi connectivity index (χ3n) is 4.38. The third kappa shape index (κ3) is 7.91. The molecule has 8 heteroatoms. The molecule has 0 radical (unpaired) electrons. The summed E-state index contributed by atoms with van der Waals surface area (Å²) in [6.07, 6.45) is 0.437. The minimum Gasteiger partial charge on any atom is -0.484 e. The zero-order chi connectivity index (χ0) is 23.2. The summed E-state index contributed by atoms with van der Waals surface area (Å²) >= 11 is 18.1. The first-order valence-electron chi connectivity index (χ1n) is 9.94. The Balaban J connectivity index is 2.27. The number of ether oxygens (including phenoxy) is 1. The van der Waals surface area contributed by atoms with Gasteiger partial charge in [-0.05, 0) is 63.1 Å². The van der Waals surface area contributed by atoms with Crippen molar-refractivity contribution in [1.82, 2.24) is 10.2 Å². The average molecular weight is 486 g/mol. The summed E-state index contributed by atoms with van der Waals surface area (Å²) in [7, 11) is 0. The fraction of sp³-hybridized carbons (Fsp3) is 0.391. The van der Waals surface area contributed by atoms with Crippen LogP contribution in [0.5, 0.6) is 5.75 Å². The first kappa shape index (κ1) is 25.3. The fourth-order valence-corrected chi connectivity index (χ4v) is 3.49. The van der Waals surface area contributed by atoms with E-state index in [1.165, 1.54) is 4.90 Å². The molecule has 168 valence electrons. The van der Waals surface area contributed by atoms with Gasteiger partial charge in [-0.3, -0.25) is 9.59 Å². The first-order chi connectivity index (χ1) is 14.5. The van der Waals surface area contributed by atoms with Gasteiger partial charge in [0, 0.05) is 17.1 Å². The summed E-state index contributed by atoms with van der Waals surface area (Å²) in [5.74, 6) is -0.0874. The normalized spacial score (nSPS) is 12.2. The highest BCUT2D eigenvalue weighted by molar-refractivity contribution is 6.42. The highest BCUT2D eigenvalue weighted by Crippen LogP contribution is 2.24. The molecule has 0 saturated heterocycles. The van der Waals surface area contributed by atoms with Gasteiger partial charge in [-0.15, -0.1) is 0 Å². The number of rotatable bonds is 8. The first-order valence-corrected chi connectivity index (χ1v) is 11.1. The molecule has 0 fully saturated rings. The Hall–Kier alpha value is -1.95. The predicted octanol–water partition coefficient (Wildman–Crippen LogP) is 5.75. The summed E-state index contributed by atoms with van der Waals surface area (Å²) in [6.45, 7) is 7.49. The Morgan fingerprint density at radius 3 is 2.35 bits per heavy atom. The zero-order valence-corrected chi connectivity index (χ0v) is 20.3. The molecule has 0 bridgehead atoms. The van der Waals surface area contributed by atoms with E-state index >= 15 is 0 Å². The van der Waals surface area contributed by atoms with Crippen molar-refractivity contribution in [3.63, 3.8) is 0 Å². The van der Waals surface area contributed by atoms with Gasteiger partial charge >= 0.3 is 0 Å². The monoisotopic (exact) mass is 484 g/mol.